The fraction of sp³-hybridized carbons (Fsp3) is 0.0800. The highest BCUT2D eigenvalue weighted by Gasteiger charge is 2.16. The van der Waals surface area contributed by atoms with Gasteiger partial charge >= 0.3 is 5.97 Å². The lowest BCUT2D eigenvalue weighted by atomic mass is 10.2. The molecular formula is C25H20BrN3O4. The van der Waals surface area contributed by atoms with Crippen molar-refractivity contribution in [3.8, 4) is 17.2 Å². The highest BCUT2D eigenvalue weighted by atomic mass is 79.9. The molecule has 166 valence electrons. The molecule has 0 saturated heterocycles. The van der Waals surface area contributed by atoms with Crippen LogP contribution in [0.4, 0.5) is 5.69 Å². The maximum Gasteiger partial charge on any atom is 0.344 e. The Morgan fingerprint density at radius 3 is 2.45 bits per heavy atom. The number of phenols is 1. The number of para-hydroxylation sites is 1. The first-order valence-corrected chi connectivity index (χ1v) is 10.8. The number of aliphatic imine (C=N–C) groups is 1. The van der Waals surface area contributed by atoms with E-state index >= 15 is 0 Å². The van der Waals surface area contributed by atoms with Gasteiger partial charge in [-0.15, -0.1) is 0 Å². The predicted octanol–water partition coefficient (Wildman–Crippen LogP) is 4.92. The van der Waals surface area contributed by atoms with Crippen molar-refractivity contribution in [3.05, 3.63) is 104 Å². The number of halogens is 1. The van der Waals surface area contributed by atoms with Crippen LogP contribution in [0.5, 0.6) is 11.5 Å². The number of esters is 1. The van der Waals surface area contributed by atoms with Gasteiger partial charge in [-0.05, 0) is 59.3 Å². The Morgan fingerprint density at radius 1 is 1.06 bits per heavy atom. The van der Waals surface area contributed by atoms with Crippen molar-refractivity contribution >= 4 is 33.8 Å². The van der Waals surface area contributed by atoms with Gasteiger partial charge in [0.25, 0.3) is 5.56 Å². The van der Waals surface area contributed by atoms with E-state index < -0.39 is 5.97 Å². The predicted molar refractivity (Wildman–Crippen MR) is 130 cm³/mol. The molecule has 0 aliphatic rings. The zero-order valence-corrected chi connectivity index (χ0v) is 19.5. The van der Waals surface area contributed by atoms with Gasteiger partial charge in [-0.25, -0.2) is 14.5 Å². The summed E-state index contributed by atoms with van der Waals surface area (Å²) in [4.78, 5) is 29.7. The highest BCUT2D eigenvalue weighted by molar-refractivity contribution is 9.10. The molecule has 0 amide bonds. The number of carbonyl (C=O) groups is 1. The van der Waals surface area contributed by atoms with Crippen LogP contribution in [-0.4, -0.2) is 26.7 Å². The van der Waals surface area contributed by atoms with Gasteiger partial charge in [0.1, 0.15) is 11.5 Å². The van der Waals surface area contributed by atoms with Crippen LogP contribution in [0.1, 0.15) is 21.6 Å². The second-order valence-electron chi connectivity index (χ2n) is 7.26. The fourth-order valence-corrected chi connectivity index (χ4v) is 3.77. The first-order chi connectivity index (χ1) is 15.9. The molecule has 1 aromatic heterocycles. The summed E-state index contributed by atoms with van der Waals surface area (Å²) in [7, 11) is 1.79. The first-order valence-electron chi connectivity index (χ1n) is 10.0. The minimum absolute atomic E-state index is 0.131. The Balaban J connectivity index is 1.58. The minimum Gasteiger partial charge on any atom is -0.507 e. The van der Waals surface area contributed by atoms with Gasteiger partial charge in [-0.2, -0.15) is 0 Å². The van der Waals surface area contributed by atoms with Gasteiger partial charge in [-0.1, -0.05) is 30.3 Å². The van der Waals surface area contributed by atoms with Crippen LogP contribution >= 0.6 is 15.9 Å². The second-order valence-corrected chi connectivity index (χ2v) is 8.11. The van der Waals surface area contributed by atoms with Gasteiger partial charge in [0.2, 0.25) is 0 Å². The first kappa shape index (κ1) is 22.3. The lowest BCUT2D eigenvalue weighted by Crippen LogP contribution is -2.19. The second kappa shape index (κ2) is 9.30. The minimum atomic E-state index is -0.551. The average molecular weight is 506 g/mol. The van der Waals surface area contributed by atoms with E-state index in [-0.39, 0.29) is 22.7 Å². The number of rotatable bonds is 5. The standard InChI is InChI=1S/C25H20BrN3O4/c1-16-23(24(31)29(28(16)2)18-8-4-3-5-9-18)27-15-17-12-13-19(14-22(17)30)33-25(32)20-10-6-7-11-21(20)26/h3-15,30H,1-2H3. The molecule has 33 heavy (non-hydrogen) atoms. The van der Waals surface area contributed by atoms with Crippen molar-refractivity contribution in [2.75, 3.05) is 0 Å². The topological polar surface area (TPSA) is 85.8 Å². The summed E-state index contributed by atoms with van der Waals surface area (Å²) in [5.74, 6) is -0.495. The maximum atomic E-state index is 13.0. The molecule has 0 fully saturated rings. The third-order valence-electron chi connectivity index (χ3n) is 5.16. The zero-order valence-electron chi connectivity index (χ0n) is 17.9. The zero-order chi connectivity index (χ0) is 23.5. The normalized spacial score (nSPS) is 11.1. The summed E-state index contributed by atoms with van der Waals surface area (Å²) in [5, 5.41) is 10.4. The van der Waals surface area contributed by atoms with Gasteiger partial charge in [-0.3, -0.25) is 9.48 Å². The molecule has 3 aromatic carbocycles. The number of hydrogen-bond acceptors (Lipinski definition) is 5. The third kappa shape index (κ3) is 4.51. The number of nitrogens with zero attached hydrogens (tertiary/aromatic N) is 3. The third-order valence-corrected chi connectivity index (χ3v) is 5.85. The Kier molecular flexibility index (Phi) is 6.28. The quantitative estimate of drug-likeness (QED) is 0.237. The lowest BCUT2D eigenvalue weighted by Gasteiger charge is -2.07. The summed E-state index contributed by atoms with van der Waals surface area (Å²) < 4.78 is 9.23. The highest BCUT2D eigenvalue weighted by Crippen LogP contribution is 2.25. The van der Waals surface area contributed by atoms with E-state index in [1.54, 1.807) is 55.1 Å². The van der Waals surface area contributed by atoms with Crippen LogP contribution in [0.3, 0.4) is 0 Å². The summed E-state index contributed by atoms with van der Waals surface area (Å²) in [5.41, 5.74) is 2.16. The molecule has 0 spiro atoms. The van der Waals surface area contributed by atoms with Crippen molar-refractivity contribution in [1.29, 1.82) is 0 Å². The van der Waals surface area contributed by atoms with Crippen molar-refractivity contribution in [2.45, 2.75) is 6.92 Å². The molecule has 1 heterocycles. The van der Waals surface area contributed by atoms with Crippen molar-refractivity contribution < 1.29 is 14.6 Å². The van der Waals surface area contributed by atoms with Crippen LogP contribution in [0.15, 0.2) is 87.1 Å². The fourth-order valence-electron chi connectivity index (χ4n) is 3.32. The smallest absolute Gasteiger partial charge is 0.344 e. The molecule has 0 atom stereocenters. The van der Waals surface area contributed by atoms with Crippen molar-refractivity contribution in [3.63, 3.8) is 0 Å². The van der Waals surface area contributed by atoms with Crippen molar-refractivity contribution in [1.82, 2.24) is 9.36 Å². The summed E-state index contributed by atoms with van der Waals surface area (Å²) in [6, 6.07) is 20.6. The molecule has 1 N–H and O–H groups in total. The Hall–Kier alpha value is -3.91. The number of aromatic hydroxyl groups is 1. The number of hydrogen-bond donors (Lipinski definition) is 1. The van der Waals surface area contributed by atoms with E-state index in [0.717, 1.165) is 5.69 Å². The number of phenolic OH excluding ortho intramolecular Hbond substituents is 1. The molecule has 0 saturated carbocycles. The van der Waals surface area contributed by atoms with E-state index in [4.69, 9.17) is 4.74 Å². The van der Waals surface area contributed by atoms with Crippen LogP contribution in [0, 0.1) is 6.92 Å². The Morgan fingerprint density at radius 2 is 1.76 bits per heavy atom. The molecule has 8 heteroatoms. The molecule has 4 rings (SSSR count). The van der Waals surface area contributed by atoms with E-state index in [1.807, 2.05) is 30.3 Å². The molecule has 0 radical (unpaired) electrons. The lowest BCUT2D eigenvalue weighted by molar-refractivity contribution is 0.0733. The average Bonchev–Trinajstić information content (AvgIpc) is 3.02. The van der Waals surface area contributed by atoms with Gasteiger partial charge in [0.15, 0.2) is 5.69 Å². The number of aromatic nitrogens is 2. The molecule has 0 aliphatic heterocycles. The summed E-state index contributed by atoms with van der Waals surface area (Å²) in [6.07, 6.45) is 1.41. The molecule has 4 aromatic rings. The SMILES string of the molecule is Cc1c(N=Cc2ccc(OC(=O)c3ccccc3Br)cc2O)c(=O)n(-c2ccccc2)n1C. The molecule has 0 unspecified atom stereocenters. The maximum absolute atomic E-state index is 13.0. The number of ether oxygens (including phenoxy) is 1. The Labute approximate surface area is 198 Å². The molecule has 7 nitrogen and oxygen atoms in total. The summed E-state index contributed by atoms with van der Waals surface area (Å²) in [6.45, 7) is 1.80. The van der Waals surface area contributed by atoms with E-state index in [1.165, 1.54) is 17.0 Å². The van der Waals surface area contributed by atoms with Gasteiger partial charge in [0.05, 0.1) is 16.9 Å². The molecule has 0 bridgehead atoms. The van der Waals surface area contributed by atoms with E-state index in [0.29, 0.717) is 21.3 Å². The molecular weight excluding hydrogens is 486 g/mol. The van der Waals surface area contributed by atoms with Crippen LogP contribution in [-0.2, 0) is 7.05 Å². The monoisotopic (exact) mass is 505 g/mol. The number of benzene rings is 3. The van der Waals surface area contributed by atoms with Crippen molar-refractivity contribution in [2.24, 2.45) is 12.0 Å². The largest absolute Gasteiger partial charge is 0.507 e. The van der Waals surface area contributed by atoms with Crippen LogP contribution in [0.2, 0.25) is 0 Å². The van der Waals surface area contributed by atoms with E-state index in [2.05, 4.69) is 20.9 Å². The number of carbonyl (C=O) groups excluding carboxylic acids is 1. The van der Waals surface area contributed by atoms with Gasteiger partial charge in [0, 0.05) is 29.4 Å². The molecule has 0 aliphatic carbocycles. The Bertz CT molecular complexity index is 1420. The van der Waals surface area contributed by atoms with Gasteiger partial charge < -0.3 is 9.84 Å². The summed E-state index contributed by atoms with van der Waals surface area (Å²) >= 11 is 3.32. The van der Waals surface area contributed by atoms with E-state index in [9.17, 15) is 14.7 Å². The van der Waals surface area contributed by atoms with Crippen LogP contribution < -0.4 is 10.3 Å². The van der Waals surface area contributed by atoms with Crippen LogP contribution in [0.25, 0.3) is 5.69 Å².